The number of nitrogens with one attached hydrogen (secondary N) is 1. The fourth-order valence-electron chi connectivity index (χ4n) is 4.25. The maximum Gasteiger partial charge on any atom is 0.344 e. The number of ether oxygens (including phenoxy) is 1. The van der Waals surface area contributed by atoms with Crippen molar-refractivity contribution in [1.29, 1.82) is 0 Å². The molecule has 162 valence electrons. The molecule has 2 fully saturated rings. The van der Waals surface area contributed by atoms with E-state index in [1.807, 2.05) is 0 Å². The monoisotopic (exact) mass is 435 g/mol. The molecule has 1 atom stereocenters. The molecule has 0 saturated carbocycles. The van der Waals surface area contributed by atoms with Gasteiger partial charge in [0.1, 0.15) is 11.6 Å². The first-order valence-electron chi connectivity index (χ1n) is 10.1. The van der Waals surface area contributed by atoms with E-state index >= 15 is 0 Å². The van der Waals surface area contributed by atoms with E-state index in [-0.39, 0.29) is 24.6 Å². The van der Waals surface area contributed by atoms with Crippen LogP contribution in [0.4, 0.5) is 9.18 Å². The fraction of sp³-hybridized carbons (Fsp3) is 0.217. The molecule has 2 aromatic rings. The van der Waals surface area contributed by atoms with E-state index in [0.29, 0.717) is 35.4 Å². The molecule has 8 nitrogen and oxygen atoms in total. The van der Waals surface area contributed by atoms with Gasteiger partial charge in [0.2, 0.25) is 5.91 Å². The molecule has 3 heterocycles. The van der Waals surface area contributed by atoms with Crippen LogP contribution in [0.5, 0.6) is 0 Å². The van der Waals surface area contributed by atoms with E-state index in [9.17, 15) is 23.6 Å². The molecular formula is C23H18FN3O5. The summed E-state index contributed by atoms with van der Waals surface area (Å²) < 4.78 is 19.8. The van der Waals surface area contributed by atoms with Crippen LogP contribution in [0.2, 0.25) is 0 Å². The maximum atomic E-state index is 14.5. The van der Waals surface area contributed by atoms with Crippen LogP contribution in [0.25, 0.3) is 11.8 Å². The third-order valence-electron chi connectivity index (χ3n) is 5.83. The summed E-state index contributed by atoms with van der Waals surface area (Å²) in [7, 11) is 0. The number of hydrogen-bond acceptors (Lipinski definition) is 5. The van der Waals surface area contributed by atoms with Crippen molar-refractivity contribution in [2.24, 2.45) is 0 Å². The molecule has 3 aliphatic heterocycles. The second-order valence-corrected chi connectivity index (χ2v) is 7.80. The van der Waals surface area contributed by atoms with Gasteiger partial charge in [0.15, 0.2) is 0 Å². The first-order chi connectivity index (χ1) is 15.4. The lowest BCUT2D eigenvalue weighted by Gasteiger charge is -2.21. The van der Waals surface area contributed by atoms with Crippen LogP contribution in [-0.4, -0.2) is 59.3 Å². The summed E-state index contributed by atoms with van der Waals surface area (Å²) in [6.07, 6.45) is 2.02. The van der Waals surface area contributed by atoms with Crippen LogP contribution in [0.3, 0.4) is 0 Å². The van der Waals surface area contributed by atoms with Gasteiger partial charge in [0, 0.05) is 18.7 Å². The molecule has 0 bridgehead atoms. The van der Waals surface area contributed by atoms with E-state index in [1.165, 1.54) is 23.1 Å². The van der Waals surface area contributed by atoms with Crippen LogP contribution in [0.15, 0.2) is 42.5 Å². The lowest BCUT2D eigenvalue weighted by atomic mass is 10.0. The molecule has 1 unspecified atom stereocenters. The number of benzene rings is 2. The molecular weight excluding hydrogens is 417 g/mol. The SMILES string of the molecule is O=C1O/C(=C\c2ccc(F)c(C(=O)N3CCC(N4C(=O)CNC4=O)C3)c2)c2ccccc21. The number of fused-ring (bicyclic) bond motifs is 1. The smallest absolute Gasteiger partial charge is 0.344 e. The van der Waals surface area contributed by atoms with Crippen LogP contribution >= 0.6 is 0 Å². The van der Waals surface area contributed by atoms with Crippen molar-refractivity contribution < 1.29 is 28.3 Å². The van der Waals surface area contributed by atoms with E-state index in [1.54, 1.807) is 30.3 Å². The number of halogens is 1. The number of cyclic esters (lactones) is 1. The number of rotatable bonds is 3. The second-order valence-electron chi connectivity index (χ2n) is 7.80. The van der Waals surface area contributed by atoms with Crippen molar-refractivity contribution in [3.8, 4) is 0 Å². The summed E-state index contributed by atoms with van der Waals surface area (Å²) in [4.78, 5) is 51.4. The summed E-state index contributed by atoms with van der Waals surface area (Å²) in [6.45, 7) is 0.395. The maximum absolute atomic E-state index is 14.5. The van der Waals surface area contributed by atoms with Crippen molar-refractivity contribution in [2.75, 3.05) is 19.6 Å². The molecule has 2 aromatic carbocycles. The predicted octanol–water partition coefficient (Wildman–Crippen LogP) is 2.26. The lowest BCUT2D eigenvalue weighted by molar-refractivity contribution is -0.126. The molecule has 3 aliphatic rings. The number of amides is 4. The number of likely N-dealkylation sites (tertiary alicyclic amines) is 1. The number of hydrogen-bond donors (Lipinski definition) is 1. The second kappa shape index (κ2) is 7.60. The van der Waals surface area contributed by atoms with Gasteiger partial charge in [0.05, 0.1) is 23.7 Å². The minimum absolute atomic E-state index is 0.0533. The third kappa shape index (κ3) is 3.31. The van der Waals surface area contributed by atoms with Crippen molar-refractivity contribution in [1.82, 2.24) is 15.1 Å². The highest BCUT2D eigenvalue weighted by molar-refractivity contribution is 6.06. The van der Waals surface area contributed by atoms with Crippen LogP contribution < -0.4 is 5.32 Å². The van der Waals surface area contributed by atoms with Gasteiger partial charge in [-0.3, -0.25) is 14.5 Å². The van der Waals surface area contributed by atoms with E-state index in [4.69, 9.17) is 4.74 Å². The summed E-state index contributed by atoms with van der Waals surface area (Å²) in [6, 6.07) is 10.1. The Morgan fingerprint density at radius 1 is 1.12 bits per heavy atom. The van der Waals surface area contributed by atoms with Gasteiger partial charge in [0.25, 0.3) is 5.91 Å². The van der Waals surface area contributed by atoms with Crippen LogP contribution in [-0.2, 0) is 9.53 Å². The quantitative estimate of drug-likeness (QED) is 0.590. The molecule has 0 aliphatic carbocycles. The average Bonchev–Trinajstić information content (AvgIpc) is 3.47. The largest absolute Gasteiger partial charge is 0.422 e. The van der Waals surface area contributed by atoms with E-state index in [0.717, 1.165) is 4.90 Å². The molecule has 5 rings (SSSR count). The Bertz CT molecular complexity index is 1190. The van der Waals surface area contributed by atoms with E-state index in [2.05, 4.69) is 5.32 Å². The van der Waals surface area contributed by atoms with Crippen molar-refractivity contribution >= 4 is 35.6 Å². The Morgan fingerprint density at radius 2 is 1.91 bits per heavy atom. The highest BCUT2D eigenvalue weighted by atomic mass is 19.1. The van der Waals surface area contributed by atoms with Gasteiger partial charge in [-0.25, -0.2) is 14.0 Å². The van der Waals surface area contributed by atoms with Gasteiger partial charge in [-0.15, -0.1) is 0 Å². The van der Waals surface area contributed by atoms with Gasteiger partial charge in [-0.1, -0.05) is 24.3 Å². The van der Waals surface area contributed by atoms with Gasteiger partial charge >= 0.3 is 12.0 Å². The summed E-state index contributed by atoms with van der Waals surface area (Å²) in [5, 5.41) is 2.46. The van der Waals surface area contributed by atoms with Crippen molar-refractivity contribution in [3.05, 3.63) is 70.5 Å². The standard InChI is InChI=1S/C23H18FN3O5/c24-18-6-5-13(10-19-15-3-1-2-4-16(15)22(30)32-19)9-17(18)21(29)26-8-7-14(12-26)27-20(28)11-25-23(27)31/h1-6,9-10,14H,7-8,11-12H2,(H,25,31)/b19-10-. The van der Waals surface area contributed by atoms with Gasteiger partial charge in [-0.2, -0.15) is 0 Å². The fourth-order valence-corrected chi connectivity index (χ4v) is 4.25. The summed E-state index contributed by atoms with van der Waals surface area (Å²) in [5.74, 6) is -1.68. The molecule has 2 saturated heterocycles. The summed E-state index contributed by atoms with van der Waals surface area (Å²) in [5.41, 5.74) is 1.44. The molecule has 1 N–H and O–H groups in total. The van der Waals surface area contributed by atoms with Crippen LogP contribution in [0.1, 0.15) is 38.3 Å². The normalized spacial score (nSPS) is 21.2. The number of nitrogens with zero attached hydrogens (tertiary/aromatic N) is 2. The van der Waals surface area contributed by atoms with Crippen LogP contribution in [0, 0.1) is 5.82 Å². The van der Waals surface area contributed by atoms with Gasteiger partial charge < -0.3 is 15.0 Å². The molecule has 0 spiro atoms. The van der Waals surface area contributed by atoms with E-state index < -0.39 is 29.8 Å². The Morgan fingerprint density at radius 3 is 2.66 bits per heavy atom. The Hall–Kier alpha value is -4.01. The molecule has 0 radical (unpaired) electrons. The minimum atomic E-state index is -0.681. The summed E-state index contributed by atoms with van der Waals surface area (Å²) >= 11 is 0. The zero-order valence-corrected chi connectivity index (χ0v) is 16.8. The predicted molar refractivity (Wildman–Crippen MR) is 111 cm³/mol. The lowest BCUT2D eigenvalue weighted by Crippen LogP contribution is -2.43. The topological polar surface area (TPSA) is 96.0 Å². The Labute approximate surface area is 182 Å². The number of carbonyl (C=O) groups is 4. The Kier molecular flexibility index (Phi) is 4.73. The number of esters is 1. The number of urea groups is 1. The zero-order chi connectivity index (χ0) is 22.4. The molecule has 9 heteroatoms. The number of imide groups is 1. The first kappa shape index (κ1) is 19.9. The zero-order valence-electron chi connectivity index (χ0n) is 16.8. The highest BCUT2D eigenvalue weighted by Crippen LogP contribution is 2.31. The Balaban J connectivity index is 1.38. The molecule has 4 amide bonds. The third-order valence-corrected chi connectivity index (χ3v) is 5.83. The minimum Gasteiger partial charge on any atom is -0.422 e. The van der Waals surface area contributed by atoms with Crippen molar-refractivity contribution in [2.45, 2.75) is 12.5 Å². The average molecular weight is 435 g/mol. The van der Waals surface area contributed by atoms with Crippen molar-refractivity contribution in [3.63, 3.8) is 0 Å². The molecule has 32 heavy (non-hydrogen) atoms. The molecule has 0 aromatic heterocycles. The highest BCUT2D eigenvalue weighted by Gasteiger charge is 2.40. The first-order valence-corrected chi connectivity index (χ1v) is 10.1. The number of carbonyl (C=O) groups excluding carboxylic acids is 4. The van der Waals surface area contributed by atoms with Gasteiger partial charge in [-0.05, 0) is 36.3 Å².